The van der Waals surface area contributed by atoms with Crippen LogP contribution in [0.2, 0.25) is 0 Å². The third-order valence-electron chi connectivity index (χ3n) is 1.83. The first-order valence-electron chi connectivity index (χ1n) is 4.91. The van der Waals surface area contributed by atoms with Crippen molar-refractivity contribution >= 4 is 17.3 Å². The van der Waals surface area contributed by atoms with Crippen LogP contribution in [0.4, 0.5) is 13.2 Å². The van der Waals surface area contributed by atoms with E-state index in [1.165, 1.54) is 7.11 Å². The van der Waals surface area contributed by atoms with Gasteiger partial charge in [0.1, 0.15) is 6.54 Å². The third-order valence-corrected chi connectivity index (χ3v) is 2.20. The zero-order valence-electron chi connectivity index (χ0n) is 9.60. The summed E-state index contributed by atoms with van der Waals surface area (Å²) in [7, 11) is 1.52. The number of nitrogens with one attached hydrogen (secondary N) is 1. The lowest BCUT2D eigenvalue weighted by Crippen LogP contribution is -2.48. The molecule has 0 aromatic carbocycles. The van der Waals surface area contributed by atoms with Crippen LogP contribution in [0.3, 0.4) is 0 Å². The Kier molecular flexibility index (Phi) is 6.66. The Bertz CT molecular complexity index is 223. The van der Waals surface area contributed by atoms with Crippen molar-refractivity contribution in [2.75, 3.05) is 26.8 Å². The van der Waals surface area contributed by atoms with Crippen LogP contribution in [-0.4, -0.2) is 49.0 Å². The van der Waals surface area contributed by atoms with Crippen LogP contribution in [-0.2, 0) is 4.74 Å². The predicted molar refractivity (Wildman–Crippen MR) is 60.4 cm³/mol. The molecule has 1 atom stereocenters. The fourth-order valence-electron chi connectivity index (χ4n) is 1.14. The summed E-state index contributed by atoms with van der Waals surface area (Å²) in [6.07, 6.45) is -4.24. The number of nitrogens with zero attached hydrogens (tertiary/aromatic N) is 1. The molecular weight excluding hydrogens is 241 g/mol. The lowest BCUT2D eigenvalue weighted by molar-refractivity contribution is -0.137. The van der Waals surface area contributed by atoms with Crippen LogP contribution in [0.1, 0.15) is 13.8 Å². The van der Waals surface area contributed by atoms with Crippen LogP contribution in [0.15, 0.2) is 0 Å². The molecule has 0 fully saturated rings. The molecule has 0 saturated carbocycles. The first-order chi connectivity index (χ1) is 7.30. The summed E-state index contributed by atoms with van der Waals surface area (Å²) >= 11 is 4.89. The number of methoxy groups -OCH3 is 1. The van der Waals surface area contributed by atoms with E-state index in [1.54, 1.807) is 13.8 Å². The van der Waals surface area contributed by atoms with Gasteiger partial charge in [-0.2, -0.15) is 13.2 Å². The first kappa shape index (κ1) is 15.4. The van der Waals surface area contributed by atoms with Gasteiger partial charge in [0.15, 0.2) is 5.11 Å². The normalized spacial score (nSPS) is 13.4. The molecule has 0 bridgehead atoms. The Hall–Kier alpha value is -0.560. The molecule has 0 aliphatic carbocycles. The van der Waals surface area contributed by atoms with E-state index in [-0.39, 0.29) is 17.7 Å². The monoisotopic (exact) mass is 258 g/mol. The minimum Gasteiger partial charge on any atom is -0.383 e. The minimum absolute atomic E-state index is 0.101. The summed E-state index contributed by atoms with van der Waals surface area (Å²) in [5.74, 6) is 0. The number of ether oxygens (including phenoxy) is 1. The van der Waals surface area contributed by atoms with E-state index in [0.717, 1.165) is 4.90 Å². The molecule has 0 heterocycles. The van der Waals surface area contributed by atoms with Crippen LogP contribution in [0.5, 0.6) is 0 Å². The summed E-state index contributed by atoms with van der Waals surface area (Å²) in [5, 5.41) is 2.89. The summed E-state index contributed by atoms with van der Waals surface area (Å²) in [6.45, 7) is 2.99. The maximum Gasteiger partial charge on any atom is 0.406 e. The van der Waals surface area contributed by atoms with Gasteiger partial charge in [0.25, 0.3) is 0 Å². The Labute approximate surface area is 98.9 Å². The number of halogens is 3. The highest BCUT2D eigenvalue weighted by atomic mass is 32.1. The lowest BCUT2D eigenvalue weighted by atomic mass is 10.4. The molecule has 0 aliphatic heterocycles. The highest BCUT2D eigenvalue weighted by Gasteiger charge is 2.31. The largest absolute Gasteiger partial charge is 0.406 e. The zero-order chi connectivity index (χ0) is 12.8. The second kappa shape index (κ2) is 6.90. The van der Waals surface area contributed by atoms with Gasteiger partial charge in [-0.05, 0) is 26.1 Å². The van der Waals surface area contributed by atoms with Gasteiger partial charge in [0.05, 0.1) is 6.61 Å². The van der Waals surface area contributed by atoms with Crippen molar-refractivity contribution in [3.05, 3.63) is 0 Å². The molecule has 0 radical (unpaired) electrons. The van der Waals surface area contributed by atoms with E-state index in [9.17, 15) is 13.2 Å². The topological polar surface area (TPSA) is 24.5 Å². The van der Waals surface area contributed by atoms with Crippen molar-refractivity contribution < 1.29 is 17.9 Å². The third kappa shape index (κ3) is 6.84. The minimum atomic E-state index is -4.24. The van der Waals surface area contributed by atoms with Gasteiger partial charge in [0, 0.05) is 19.7 Å². The summed E-state index contributed by atoms with van der Waals surface area (Å²) < 4.78 is 41.4. The summed E-state index contributed by atoms with van der Waals surface area (Å²) in [5.41, 5.74) is 0. The number of thiocarbonyl (C=S) groups is 1. The van der Waals surface area contributed by atoms with Crippen molar-refractivity contribution in [2.45, 2.75) is 26.1 Å². The van der Waals surface area contributed by atoms with Crippen LogP contribution >= 0.6 is 12.2 Å². The van der Waals surface area contributed by atoms with Crippen molar-refractivity contribution in [3.8, 4) is 0 Å². The molecule has 0 spiro atoms. The number of hydrogen-bond acceptors (Lipinski definition) is 2. The van der Waals surface area contributed by atoms with E-state index in [0.29, 0.717) is 6.61 Å². The second-order valence-corrected chi connectivity index (χ2v) is 3.82. The van der Waals surface area contributed by atoms with Gasteiger partial charge in [-0.1, -0.05) is 0 Å². The molecule has 16 heavy (non-hydrogen) atoms. The molecule has 0 rings (SSSR count). The van der Waals surface area contributed by atoms with Crippen LogP contribution in [0, 0.1) is 0 Å². The molecule has 0 aromatic heterocycles. The number of hydrogen-bond donors (Lipinski definition) is 1. The maximum absolute atomic E-state index is 12.2. The van der Waals surface area contributed by atoms with Gasteiger partial charge in [-0.25, -0.2) is 0 Å². The zero-order valence-corrected chi connectivity index (χ0v) is 10.4. The lowest BCUT2D eigenvalue weighted by Gasteiger charge is -2.27. The number of rotatable bonds is 5. The average molecular weight is 258 g/mol. The van der Waals surface area contributed by atoms with Gasteiger partial charge < -0.3 is 15.0 Å². The van der Waals surface area contributed by atoms with Gasteiger partial charge >= 0.3 is 6.18 Å². The Morgan fingerprint density at radius 3 is 2.44 bits per heavy atom. The molecule has 1 unspecified atom stereocenters. The van der Waals surface area contributed by atoms with E-state index in [2.05, 4.69) is 5.32 Å². The summed E-state index contributed by atoms with van der Waals surface area (Å²) in [4.78, 5) is 1.07. The molecular formula is C9H17F3N2OS. The van der Waals surface area contributed by atoms with E-state index in [1.807, 2.05) is 0 Å². The highest BCUT2D eigenvalue weighted by Crippen LogP contribution is 2.16. The Morgan fingerprint density at radius 1 is 1.50 bits per heavy atom. The number of alkyl halides is 3. The fraction of sp³-hybridized carbons (Fsp3) is 0.889. The fourth-order valence-corrected chi connectivity index (χ4v) is 1.53. The van der Waals surface area contributed by atoms with Crippen molar-refractivity contribution in [1.82, 2.24) is 10.2 Å². The van der Waals surface area contributed by atoms with E-state index >= 15 is 0 Å². The van der Waals surface area contributed by atoms with Crippen molar-refractivity contribution in [2.24, 2.45) is 0 Å². The molecule has 0 aliphatic rings. The average Bonchev–Trinajstić information content (AvgIpc) is 2.12. The molecule has 1 N–H and O–H groups in total. The SMILES string of the molecule is CCN(CC(F)(F)F)C(=S)NC(C)COC. The predicted octanol–water partition coefficient (Wildman–Crippen LogP) is 1.78. The quantitative estimate of drug-likeness (QED) is 0.760. The van der Waals surface area contributed by atoms with E-state index < -0.39 is 12.7 Å². The Morgan fingerprint density at radius 2 is 2.06 bits per heavy atom. The Balaban J connectivity index is 4.21. The van der Waals surface area contributed by atoms with Crippen molar-refractivity contribution in [3.63, 3.8) is 0 Å². The molecule has 3 nitrogen and oxygen atoms in total. The summed E-state index contributed by atoms with van der Waals surface area (Å²) in [6, 6.07) is -0.111. The van der Waals surface area contributed by atoms with Gasteiger partial charge in [0.2, 0.25) is 0 Å². The van der Waals surface area contributed by atoms with Gasteiger partial charge in [-0.3, -0.25) is 0 Å². The van der Waals surface area contributed by atoms with Crippen LogP contribution in [0.25, 0.3) is 0 Å². The molecule has 7 heteroatoms. The smallest absolute Gasteiger partial charge is 0.383 e. The van der Waals surface area contributed by atoms with E-state index in [4.69, 9.17) is 17.0 Å². The molecule has 0 aromatic rings. The molecule has 0 amide bonds. The molecule has 0 saturated heterocycles. The van der Waals surface area contributed by atoms with Crippen LogP contribution < -0.4 is 5.32 Å². The highest BCUT2D eigenvalue weighted by molar-refractivity contribution is 7.80. The standard InChI is InChI=1S/C9H17F3N2OS/c1-4-14(6-9(10,11)12)8(16)13-7(2)5-15-3/h7H,4-6H2,1-3H3,(H,13,16). The molecule has 96 valence electrons. The first-order valence-corrected chi connectivity index (χ1v) is 5.32. The van der Waals surface area contributed by atoms with Crippen molar-refractivity contribution in [1.29, 1.82) is 0 Å². The maximum atomic E-state index is 12.2. The van der Waals surface area contributed by atoms with Gasteiger partial charge in [-0.15, -0.1) is 0 Å². The second-order valence-electron chi connectivity index (χ2n) is 3.44.